The van der Waals surface area contributed by atoms with Gasteiger partial charge < -0.3 is 19.5 Å². The van der Waals surface area contributed by atoms with Crippen molar-refractivity contribution >= 4 is 11.8 Å². The highest BCUT2D eigenvalue weighted by atomic mass is 19.1. The molecule has 1 aromatic heterocycles. The lowest BCUT2D eigenvalue weighted by Crippen LogP contribution is -2.46. The van der Waals surface area contributed by atoms with Gasteiger partial charge in [0.15, 0.2) is 11.4 Å². The van der Waals surface area contributed by atoms with E-state index in [0.29, 0.717) is 37.1 Å². The first-order valence-electron chi connectivity index (χ1n) is 12.5. The van der Waals surface area contributed by atoms with Crippen molar-refractivity contribution in [3.8, 4) is 5.75 Å². The van der Waals surface area contributed by atoms with E-state index in [-0.39, 0.29) is 24.6 Å². The fourth-order valence-corrected chi connectivity index (χ4v) is 5.14. The molecule has 2 aliphatic heterocycles. The fourth-order valence-electron chi connectivity index (χ4n) is 5.14. The smallest absolute Gasteiger partial charge is 0.274 e. The topological polar surface area (TPSA) is 80.6 Å². The van der Waals surface area contributed by atoms with E-state index in [0.717, 1.165) is 0 Å². The average Bonchev–Trinajstić information content (AvgIpc) is 3.11. The molecule has 7 nitrogen and oxygen atoms in total. The monoisotopic (exact) mass is 543 g/mol. The highest BCUT2D eigenvalue weighted by molar-refractivity contribution is 5.99. The summed E-state index contributed by atoms with van der Waals surface area (Å²) >= 11 is 0. The number of fused-ring (bicyclic) bond motifs is 4. The minimum Gasteiger partial charge on any atom is -0.483 e. The SMILES string of the molecule is O=C(NCc1c(F)cc(F)cc1F)c1cn2c(c(OCc3ccccc3)c1=O)C(=O)N1CCCC(CF)C2C1. The third kappa shape index (κ3) is 5.13. The summed E-state index contributed by atoms with van der Waals surface area (Å²) in [5, 5.41) is 2.29. The number of hydrogen-bond acceptors (Lipinski definition) is 4. The predicted octanol–water partition coefficient (Wildman–Crippen LogP) is 4.15. The van der Waals surface area contributed by atoms with Crippen LogP contribution in [0, 0.1) is 23.4 Å². The fraction of sp³-hybridized carbons (Fsp3) is 0.321. The van der Waals surface area contributed by atoms with Crippen LogP contribution in [0.5, 0.6) is 5.75 Å². The Morgan fingerprint density at radius 3 is 2.49 bits per heavy atom. The molecular weight excluding hydrogens is 518 g/mol. The van der Waals surface area contributed by atoms with Crippen molar-refractivity contribution in [3.05, 3.63) is 98.7 Å². The van der Waals surface area contributed by atoms with Crippen LogP contribution in [0.2, 0.25) is 0 Å². The van der Waals surface area contributed by atoms with Crippen molar-refractivity contribution in [1.82, 2.24) is 14.8 Å². The molecule has 2 aromatic carbocycles. The van der Waals surface area contributed by atoms with Gasteiger partial charge >= 0.3 is 0 Å². The summed E-state index contributed by atoms with van der Waals surface area (Å²) < 4.78 is 62.8. The van der Waals surface area contributed by atoms with Gasteiger partial charge in [-0.15, -0.1) is 0 Å². The van der Waals surface area contributed by atoms with Crippen molar-refractivity contribution in [1.29, 1.82) is 0 Å². The molecule has 0 radical (unpaired) electrons. The number of carbonyl (C=O) groups is 2. The van der Waals surface area contributed by atoms with Gasteiger partial charge in [0.25, 0.3) is 11.8 Å². The summed E-state index contributed by atoms with van der Waals surface area (Å²) in [5.41, 5.74) is -1.28. The predicted molar refractivity (Wildman–Crippen MR) is 133 cm³/mol. The van der Waals surface area contributed by atoms with Gasteiger partial charge in [0.05, 0.1) is 12.7 Å². The molecule has 1 N–H and O–H groups in total. The second-order valence-corrected chi connectivity index (χ2v) is 9.64. The molecule has 11 heteroatoms. The van der Waals surface area contributed by atoms with Gasteiger partial charge in [-0.3, -0.25) is 18.8 Å². The maximum absolute atomic E-state index is 14.1. The number of benzene rings is 2. The van der Waals surface area contributed by atoms with E-state index in [1.165, 1.54) is 10.8 Å². The minimum absolute atomic E-state index is 0.0697. The van der Waals surface area contributed by atoms with E-state index in [1.54, 1.807) is 35.2 Å². The summed E-state index contributed by atoms with van der Waals surface area (Å²) in [7, 11) is 0. The van der Waals surface area contributed by atoms with E-state index in [1.807, 2.05) is 0 Å². The number of carbonyl (C=O) groups excluding carboxylic acids is 2. The molecule has 0 aliphatic carbocycles. The third-order valence-corrected chi connectivity index (χ3v) is 7.19. The molecule has 2 aliphatic rings. The second kappa shape index (κ2) is 10.9. The summed E-state index contributed by atoms with van der Waals surface area (Å²) in [6.45, 7) is -0.807. The van der Waals surface area contributed by atoms with Crippen LogP contribution in [0.1, 0.15) is 50.9 Å². The summed E-state index contributed by atoms with van der Waals surface area (Å²) in [6, 6.07) is 9.28. The van der Waals surface area contributed by atoms with Crippen LogP contribution in [0.15, 0.2) is 53.5 Å². The minimum atomic E-state index is -1.20. The zero-order valence-electron chi connectivity index (χ0n) is 20.8. The van der Waals surface area contributed by atoms with Crippen molar-refractivity contribution in [3.63, 3.8) is 0 Å². The molecule has 2 amide bonds. The zero-order chi connectivity index (χ0) is 27.7. The quantitative estimate of drug-likeness (QED) is 0.454. The van der Waals surface area contributed by atoms with Crippen molar-refractivity contribution in [2.75, 3.05) is 19.8 Å². The number of halogens is 4. The Bertz CT molecular complexity index is 1450. The molecule has 1 saturated heterocycles. The normalized spacial score (nSPS) is 18.4. The van der Waals surface area contributed by atoms with Gasteiger partial charge in [0, 0.05) is 49.4 Å². The molecule has 0 saturated carbocycles. The second-order valence-electron chi connectivity index (χ2n) is 9.64. The van der Waals surface area contributed by atoms with Gasteiger partial charge in [0.2, 0.25) is 5.43 Å². The van der Waals surface area contributed by atoms with E-state index in [2.05, 4.69) is 5.32 Å². The van der Waals surface area contributed by atoms with Gasteiger partial charge in [-0.25, -0.2) is 13.2 Å². The van der Waals surface area contributed by atoms with Crippen LogP contribution in [0.4, 0.5) is 17.6 Å². The Morgan fingerprint density at radius 2 is 1.79 bits per heavy atom. The highest BCUT2D eigenvalue weighted by Crippen LogP contribution is 2.36. The molecule has 2 unspecified atom stereocenters. The van der Waals surface area contributed by atoms with Crippen LogP contribution in [-0.4, -0.2) is 41.0 Å². The first-order valence-corrected chi connectivity index (χ1v) is 12.5. The van der Waals surface area contributed by atoms with E-state index < -0.39 is 71.0 Å². The van der Waals surface area contributed by atoms with Crippen LogP contribution < -0.4 is 15.5 Å². The molecular formula is C28H25F4N3O4. The van der Waals surface area contributed by atoms with Crippen molar-refractivity contribution in [2.45, 2.75) is 32.0 Å². The van der Waals surface area contributed by atoms with Gasteiger partial charge in [-0.1, -0.05) is 30.3 Å². The van der Waals surface area contributed by atoms with Crippen LogP contribution in [0.25, 0.3) is 0 Å². The number of nitrogens with zero attached hydrogens (tertiary/aromatic N) is 2. The summed E-state index contributed by atoms with van der Waals surface area (Å²) in [4.78, 5) is 41.7. The average molecular weight is 544 g/mol. The zero-order valence-corrected chi connectivity index (χ0v) is 20.8. The largest absolute Gasteiger partial charge is 0.483 e. The maximum atomic E-state index is 14.1. The van der Waals surface area contributed by atoms with Crippen LogP contribution in [0.3, 0.4) is 0 Å². The number of alkyl halides is 1. The summed E-state index contributed by atoms with van der Waals surface area (Å²) in [5.74, 6) is -5.78. The van der Waals surface area contributed by atoms with E-state index >= 15 is 0 Å². The lowest BCUT2D eigenvalue weighted by molar-refractivity contribution is 0.0647. The lowest BCUT2D eigenvalue weighted by atomic mass is 9.94. The Hall–Kier alpha value is -4.15. The molecule has 3 aromatic rings. The number of hydrogen-bond donors (Lipinski definition) is 1. The number of nitrogens with one attached hydrogen (secondary N) is 1. The standard InChI is InChI=1S/C28H25F4N3O4/c29-11-17-7-4-8-34-14-23(17)35-13-20(27(37)33-12-19-21(31)9-18(30)10-22(19)32)25(36)26(24(35)28(34)38)39-15-16-5-2-1-3-6-16/h1-3,5-6,9-10,13,17,23H,4,7-8,11-12,14-15H2,(H,33,37). The molecule has 5 rings (SSSR count). The highest BCUT2D eigenvalue weighted by Gasteiger charge is 2.40. The number of ether oxygens (including phenoxy) is 1. The van der Waals surface area contributed by atoms with Crippen molar-refractivity contribution < 1.29 is 31.9 Å². The first kappa shape index (κ1) is 26.5. The molecule has 39 heavy (non-hydrogen) atoms. The van der Waals surface area contributed by atoms with Crippen LogP contribution >= 0.6 is 0 Å². The molecule has 1 fully saturated rings. The maximum Gasteiger partial charge on any atom is 0.274 e. The number of aromatic nitrogens is 1. The number of rotatable bonds is 7. The van der Waals surface area contributed by atoms with Gasteiger partial charge in [-0.05, 0) is 18.4 Å². The van der Waals surface area contributed by atoms with Gasteiger partial charge in [0.1, 0.15) is 29.6 Å². The molecule has 0 spiro atoms. The van der Waals surface area contributed by atoms with E-state index in [9.17, 15) is 31.9 Å². The molecule has 2 atom stereocenters. The Kier molecular flexibility index (Phi) is 7.40. The third-order valence-electron chi connectivity index (χ3n) is 7.19. The Labute approximate surface area is 221 Å². The molecule has 204 valence electrons. The lowest BCUT2D eigenvalue weighted by Gasteiger charge is -2.37. The van der Waals surface area contributed by atoms with E-state index in [4.69, 9.17) is 4.74 Å². The van der Waals surface area contributed by atoms with Crippen LogP contribution in [-0.2, 0) is 13.2 Å². The number of pyridine rings is 1. The van der Waals surface area contributed by atoms with Crippen molar-refractivity contribution in [2.24, 2.45) is 5.92 Å². The first-order chi connectivity index (χ1) is 18.8. The van der Waals surface area contributed by atoms with Gasteiger partial charge in [-0.2, -0.15) is 0 Å². The molecule has 3 heterocycles. The summed E-state index contributed by atoms with van der Waals surface area (Å²) in [6.07, 6.45) is 2.27. The Balaban J connectivity index is 1.56. The Morgan fingerprint density at radius 1 is 1.08 bits per heavy atom. The number of amides is 2. The molecule has 2 bridgehead atoms.